The molecule has 7 heteroatoms. The number of rotatable bonds is 4. The normalized spacial score (nSPS) is 25.3. The second-order valence-corrected chi connectivity index (χ2v) is 5.15. The molecule has 1 saturated heterocycles. The average Bonchev–Trinajstić information content (AvgIpc) is 3.00. The summed E-state index contributed by atoms with van der Waals surface area (Å²) in [6, 6.07) is 7.52. The van der Waals surface area contributed by atoms with Gasteiger partial charge in [-0.2, -0.15) is 0 Å². The molecule has 7 nitrogen and oxygen atoms in total. The predicted molar refractivity (Wildman–Crippen MR) is 85.9 cm³/mol. The van der Waals surface area contributed by atoms with Crippen LogP contribution in [0.2, 0.25) is 0 Å². The number of hydrogen-bond acceptors (Lipinski definition) is 7. The molecule has 1 aromatic rings. The minimum atomic E-state index is -1.02. The first-order valence-corrected chi connectivity index (χ1v) is 7.09. The van der Waals surface area contributed by atoms with E-state index < -0.39 is 41.8 Å². The SMILES string of the molecule is C.COC(=O)[C@@H]1[C@H](C(=O)OC)[C@H](c2ccccc2)N[C@@H]1C(=O)OC. The summed E-state index contributed by atoms with van der Waals surface area (Å²) < 4.78 is 14.4. The minimum Gasteiger partial charge on any atom is -0.469 e. The summed E-state index contributed by atoms with van der Waals surface area (Å²) in [5, 5.41) is 3.01. The van der Waals surface area contributed by atoms with Crippen LogP contribution in [0, 0.1) is 11.8 Å². The number of hydrogen-bond donors (Lipinski definition) is 1. The van der Waals surface area contributed by atoms with Gasteiger partial charge in [0, 0.05) is 6.04 Å². The van der Waals surface area contributed by atoms with Crippen molar-refractivity contribution in [2.75, 3.05) is 21.3 Å². The first-order valence-electron chi connectivity index (χ1n) is 7.09. The van der Waals surface area contributed by atoms with E-state index in [1.54, 1.807) is 0 Å². The molecule has 132 valence electrons. The molecule has 1 fully saturated rings. The Morgan fingerprint density at radius 2 is 1.33 bits per heavy atom. The van der Waals surface area contributed by atoms with Gasteiger partial charge in [0.25, 0.3) is 0 Å². The van der Waals surface area contributed by atoms with E-state index in [1.807, 2.05) is 30.3 Å². The van der Waals surface area contributed by atoms with Crippen molar-refractivity contribution in [3.8, 4) is 0 Å². The minimum absolute atomic E-state index is 0. The zero-order valence-electron chi connectivity index (χ0n) is 13.1. The zero-order valence-corrected chi connectivity index (χ0v) is 13.1. The van der Waals surface area contributed by atoms with E-state index in [0.29, 0.717) is 0 Å². The number of nitrogens with one attached hydrogen (secondary N) is 1. The highest BCUT2D eigenvalue weighted by Crippen LogP contribution is 2.39. The van der Waals surface area contributed by atoms with Crippen LogP contribution in [0.4, 0.5) is 0 Å². The van der Waals surface area contributed by atoms with Gasteiger partial charge in [-0.15, -0.1) is 0 Å². The standard InChI is InChI=1S/C16H19NO6.CH4/c1-21-14(18)10-11(15(19)22-2)13(16(20)23-3)17-12(10)9-7-5-4-6-8-9;/h4-8,10-13,17H,1-3H3;1H4/t10-,11+,12-,13-;/m0./s1. The van der Waals surface area contributed by atoms with Gasteiger partial charge in [-0.05, 0) is 5.56 Å². The number of carbonyl (C=O) groups is 3. The third-order valence-corrected chi connectivity index (χ3v) is 4.02. The molecule has 1 aromatic carbocycles. The molecule has 0 amide bonds. The molecular weight excluding hydrogens is 314 g/mol. The fraction of sp³-hybridized carbons (Fsp3) is 0.471. The van der Waals surface area contributed by atoms with Gasteiger partial charge in [0.05, 0.1) is 33.2 Å². The number of benzene rings is 1. The number of ether oxygens (including phenoxy) is 3. The van der Waals surface area contributed by atoms with Gasteiger partial charge in [0.1, 0.15) is 6.04 Å². The zero-order chi connectivity index (χ0) is 17.0. The molecular formula is C17H23NO6. The summed E-state index contributed by atoms with van der Waals surface area (Å²) in [5.41, 5.74) is 0.767. The smallest absolute Gasteiger partial charge is 0.323 e. The molecule has 0 radical (unpaired) electrons. The van der Waals surface area contributed by atoms with Crippen molar-refractivity contribution in [1.82, 2.24) is 5.32 Å². The molecule has 2 rings (SSSR count). The van der Waals surface area contributed by atoms with E-state index in [0.717, 1.165) is 5.56 Å². The lowest BCUT2D eigenvalue weighted by Gasteiger charge is -2.21. The van der Waals surface area contributed by atoms with Crippen molar-refractivity contribution in [3.05, 3.63) is 35.9 Å². The van der Waals surface area contributed by atoms with E-state index in [1.165, 1.54) is 21.3 Å². The van der Waals surface area contributed by atoms with E-state index >= 15 is 0 Å². The molecule has 0 saturated carbocycles. The largest absolute Gasteiger partial charge is 0.469 e. The summed E-state index contributed by atoms with van der Waals surface area (Å²) in [6.07, 6.45) is 0. The van der Waals surface area contributed by atoms with E-state index in [2.05, 4.69) is 5.32 Å². The van der Waals surface area contributed by atoms with Crippen molar-refractivity contribution >= 4 is 17.9 Å². The molecule has 1 aliphatic rings. The average molecular weight is 337 g/mol. The van der Waals surface area contributed by atoms with Gasteiger partial charge in [-0.3, -0.25) is 19.7 Å². The van der Waals surface area contributed by atoms with Crippen molar-refractivity contribution in [2.45, 2.75) is 19.5 Å². The van der Waals surface area contributed by atoms with E-state index in [9.17, 15) is 14.4 Å². The maximum Gasteiger partial charge on any atom is 0.323 e. The molecule has 24 heavy (non-hydrogen) atoms. The molecule has 0 aromatic heterocycles. The molecule has 0 spiro atoms. The lowest BCUT2D eigenvalue weighted by atomic mass is 9.84. The Morgan fingerprint density at radius 3 is 1.83 bits per heavy atom. The lowest BCUT2D eigenvalue weighted by molar-refractivity contribution is -0.159. The fourth-order valence-corrected chi connectivity index (χ4v) is 2.96. The first-order chi connectivity index (χ1) is 11.0. The van der Waals surface area contributed by atoms with Crippen LogP contribution in [0.5, 0.6) is 0 Å². The summed E-state index contributed by atoms with van der Waals surface area (Å²) in [4.78, 5) is 36.5. The monoisotopic (exact) mass is 337 g/mol. The Morgan fingerprint density at radius 1 is 0.833 bits per heavy atom. The van der Waals surface area contributed by atoms with Gasteiger partial charge in [-0.25, -0.2) is 0 Å². The number of carbonyl (C=O) groups excluding carboxylic acids is 3. The predicted octanol–water partition coefficient (Wildman–Crippen LogP) is 1.09. The quantitative estimate of drug-likeness (QED) is 0.649. The van der Waals surface area contributed by atoms with Gasteiger partial charge in [-0.1, -0.05) is 37.8 Å². The Labute approximate surface area is 141 Å². The second-order valence-electron chi connectivity index (χ2n) is 5.15. The Hall–Kier alpha value is -2.41. The summed E-state index contributed by atoms with van der Waals surface area (Å²) in [5.74, 6) is -3.80. The van der Waals surface area contributed by atoms with Crippen molar-refractivity contribution in [1.29, 1.82) is 0 Å². The first kappa shape index (κ1) is 19.6. The Kier molecular flexibility index (Phi) is 6.91. The highest BCUT2D eigenvalue weighted by atomic mass is 16.5. The summed E-state index contributed by atoms with van der Waals surface area (Å²) in [7, 11) is 3.67. The molecule has 0 unspecified atom stereocenters. The van der Waals surface area contributed by atoms with Crippen molar-refractivity contribution < 1.29 is 28.6 Å². The Balaban J connectivity index is 0.00000288. The van der Waals surface area contributed by atoms with Crippen molar-refractivity contribution in [2.24, 2.45) is 11.8 Å². The van der Waals surface area contributed by atoms with Gasteiger partial charge >= 0.3 is 17.9 Å². The Bertz CT molecular complexity index is 588. The van der Waals surface area contributed by atoms with Crippen LogP contribution in [0.1, 0.15) is 19.0 Å². The van der Waals surface area contributed by atoms with Crippen LogP contribution >= 0.6 is 0 Å². The van der Waals surface area contributed by atoms with Crippen LogP contribution in [-0.4, -0.2) is 45.3 Å². The van der Waals surface area contributed by atoms with Crippen LogP contribution in [-0.2, 0) is 28.6 Å². The maximum absolute atomic E-state index is 12.3. The van der Waals surface area contributed by atoms with Crippen LogP contribution in [0.3, 0.4) is 0 Å². The summed E-state index contributed by atoms with van der Waals surface area (Å²) in [6.45, 7) is 0. The summed E-state index contributed by atoms with van der Waals surface area (Å²) >= 11 is 0. The van der Waals surface area contributed by atoms with Crippen molar-refractivity contribution in [3.63, 3.8) is 0 Å². The van der Waals surface area contributed by atoms with Gasteiger partial charge < -0.3 is 14.2 Å². The molecule has 0 aliphatic carbocycles. The van der Waals surface area contributed by atoms with Crippen LogP contribution in [0.15, 0.2) is 30.3 Å². The highest BCUT2D eigenvalue weighted by Gasteiger charge is 2.55. The third-order valence-electron chi connectivity index (χ3n) is 4.02. The molecule has 4 atom stereocenters. The van der Waals surface area contributed by atoms with Crippen LogP contribution in [0.25, 0.3) is 0 Å². The van der Waals surface area contributed by atoms with Gasteiger partial charge in [0.15, 0.2) is 0 Å². The number of esters is 3. The van der Waals surface area contributed by atoms with Crippen LogP contribution < -0.4 is 5.32 Å². The molecule has 1 aliphatic heterocycles. The topological polar surface area (TPSA) is 90.9 Å². The lowest BCUT2D eigenvalue weighted by Crippen LogP contribution is -2.42. The molecule has 1 N–H and O–H groups in total. The molecule has 1 heterocycles. The van der Waals surface area contributed by atoms with E-state index in [4.69, 9.17) is 14.2 Å². The highest BCUT2D eigenvalue weighted by molar-refractivity contribution is 5.91. The fourth-order valence-electron chi connectivity index (χ4n) is 2.96. The third kappa shape index (κ3) is 3.56. The van der Waals surface area contributed by atoms with Gasteiger partial charge in [0.2, 0.25) is 0 Å². The maximum atomic E-state index is 12.3. The second kappa shape index (κ2) is 8.44. The molecule has 0 bridgehead atoms. The van der Waals surface area contributed by atoms with E-state index in [-0.39, 0.29) is 7.43 Å². The number of methoxy groups -OCH3 is 3.